The van der Waals surface area contributed by atoms with Crippen molar-refractivity contribution in [2.75, 3.05) is 6.61 Å². The molecule has 0 fully saturated rings. The highest BCUT2D eigenvalue weighted by molar-refractivity contribution is 5.76. The molecule has 1 aromatic rings. The minimum Gasteiger partial charge on any atom is -0.484 e. The van der Waals surface area contributed by atoms with Gasteiger partial charge in [0.1, 0.15) is 5.75 Å². The third kappa shape index (κ3) is 4.63. The standard InChI is InChI=1S/C9H9F3N2O2/c10-9(11,12)5-16-7-1-2-14-6(3-7)4-8(13)15/h1-3H,4-5H2,(H2,13,15). The van der Waals surface area contributed by atoms with Gasteiger partial charge in [0.25, 0.3) is 0 Å². The Kier molecular flexibility index (Phi) is 3.70. The summed E-state index contributed by atoms with van der Waals surface area (Å²) in [5, 5.41) is 0. The molecule has 0 aliphatic heterocycles. The topological polar surface area (TPSA) is 65.2 Å². The van der Waals surface area contributed by atoms with Crippen LogP contribution in [0.25, 0.3) is 0 Å². The molecule has 16 heavy (non-hydrogen) atoms. The fourth-order valence-electron chi connectivity index (χ4n) is 0.986. The van der Waals surface area contributed by atoms with Gasteiger partial charge in [0.05, 0.1) is 12.1 Å². The van der Waals surface area contributed by atoms with Crippen LogP contribution in [-0.2, 0) is 11.2 Å². The first kappa shape index (κ1) is 12.3. The molecule has 0 saturated carbocycles. The molecule has 1 aromatic heterocycles. The van der Waals surface area contributed by atoms with Crippen molar-refractivity contribution < 1.29 is 22.7 Å². The Hall–Kier alpha value is -1.79. The summed E-state index contributed by atoms with van der Waals surface area (Å²) in [6, 6.07) is 2.52. The Morgan fingerprint density at radius 1 is 1.50 bits per heavy atom. The van der Waals surface area contributed by atoms with Crippen LogP contribution in [0.5, 0.6) is 5.75 Å². The number of carbonyl (C=O) groups excluding carboxylic acids is 1. The Labute approximate surface area is 89.2 Å². The molecule has 0 radical (unpaired) electrons. The Balaban J connectivity index is 2.64. The lowest BCUT2D eigenvalue weighted by Gasteiger charge is -2.09. The Morgan fingerprint density at radius 3 is 2.75 bits per heavy atom. The summed E-state index contributed by atoms with van der Waals surface area (Å²) in [5.74, 6) is -0.607. The molecule has 0 spiro atoms. The first-order valence-electron chi connectivity index (χ1n) is 4.29. The van der Waals surface area contributed by atoms with Gasteiger partial charge in [-0.2, -0.15) is 13.2 Å². The largest absolute Gasteiger partial charge is 0.484 e. The SMILES string of the molecule is NC(=O)Cc1cc(OCC(F)(F)F)ccn1. The van der Waals surface area contributed by atoms with Gasteiger partial charge in [0.15, 0.2) is 6.61 Å². The summed E-state index contributed by atoms with van der Waals surface area (Å²) < 4.78 is 40.0. The first-order valence-corrected chi connectivity index (χ1v) is 4.29. The predicted octanol–water partition coefficient (Wildman–Crippen LogP) is 1.05. The van der Waals surface area contributed by atoms with E-state index < -0.39 is 18.7 Å². The average Bonchev–Trinajstić information content (AvgIpc) is 2.13. The number of hydrogen-bond donors (Lipinski definition) is 1. The van der Waals surface area contributed by atoms with Crippen LogP contribution in [0.1, 0.15) is 5.69 Å². The number of rotatable bonds is 4. The van der Waals surface area contributed by atoms with Crippen molar-refractivity contribution in [3.63, 3.8) is 0 Å². The van der Waals surface area contributed by atoms with E-state index in [1.165, 1.54) is 18.3 Å². The molecule has 0 saturated heterocycles. The third-order valence-electron chi connectivity index (χ3n) is 1.55. The second-order valence-electron chi connectivity index (χ2n) is 3.03. The monoisotopic (exact) mass is 234 g/mol. The van der Waals surface area contributed by atoms with E-state index in [0.29, 0.717) is 0 Å². The number of pyridine rings is 1. The molecule has 1 rings (SSSR count). The molecule has 0 aromatic carbocycles. The van der Waals surface area contributed by atoms with E-state index in [2.05, 4.69) is 9.72 Å². The molecular weight excluding hydrogens is 225 g/mol. The Bertz CT molecular complexity index is 379. The smallest absolute Gasteiger partial charge is 0.422 e. The summed E-state index contributed by atoms with van der Waals surface area (Å²) in [4.78, 5) is 14.3. The number of aromatic nitrogens is 1. The quantitative estimate of drug-likeness (QED) is 0.846. The number of nitrogens with two attached hydrogens (primary N) is 1. The normalized spacial score (nSPS) is 11.2. The molecule has 0 aliphatic rings. The van der Waals surface area contributed by atoms with Gasteiger partial charge < -0.3 is 10.5 Å². The van der Waals surface area contributed by atoms with E-state index in [9.17, 15) is 18.0 Å². The van der Waals surface area contributed by atoms with E-state index in [1.807, 2.05) is 0 Å². The van der Waals surface area contributed by atoms with Gasteiger partial charge in [0.2, 0.25) is 5.91 Å². The van der Waals surface area contributed by atoms with Crippen molar-refractivity contribution in [1.82, 2.24) is 4.98 Å². The van der Waals surface area contributed by atoms with Gasteiger partial charge in [0, 0.05) is 12.3 Å². The lowest BCUT2D eigenvalue weighted by atomic mass is 10.2. The van der Waals surface area contributed by atoms with E-state index >= 15 is 0 Å². The van der Waals surface area contributed by atoms with Gasteiger partial charge in [-0.1, -0.05) is 0 Å². The van der Waals surface area contributed by atoms with Crippen LogP contribution >= 0.6 is 0 Å². The van der Waals surface area contributed by atoms with Gasteiger partial charge in [-0.05, 0) is 6.07 Å². The minimum atomic E-state index is -4.40. The fraction of sp³-hybridized carbons (Fsp3) is 0.333. The molecule has 4 nitrogen and oxygen atoms in total. The maximum Gasteiger partial charge on any atom is 0.422 e. The second-order valence-corrected chi connectivity index (χ2v) is 3.03. The molecule has 0 atom stereocenters. The van der Waals surface area contributed by atoms with Crippen LogP contribution in [0.15, 0.2) is 18.3 Å². The predicted molar refractivity (Wildman–Crippen MR) is 48.7 cm³/mol. The number of alkyl halides is 3. The van der Waals surface area contributed by atoms with Crippen molar-refractivity contribution in [2.24, 2.45) is 5.73 Å². The molecule has 0 aliphatic carbocycles. The van der Waals surface area contributed by atoms with Crippen LogP contribution in [-0.4, -0.2) is 23.7 Å². The van der Waals surface area contributed by atoms with Crippen molar-refractivity contribution in [3.05, 3.63) is 24.0 Å². The highest BCUT2D eigenvalue weighted by atomic mass is 19.4. The van der Waals surface area contributed by atoms with Crippen LogP contribution < -0.4 is 10.5 Å². The van der Waals surface area contributed by atoms with Gasteiger partial charge >= 0.3 is 6.18 Å². The number of primary amides is 1. The van der Waals surface area contributed by atoms with Gasteiger partial charge in [-0.15, -0.1) is 0 Å². The van der Waals surface area contributed by atoms with Crippen molar-refractivity contribution in [1.29, 1.82) is 0 Å². The molecule has 0 unspecified atom stereocenters. The lowest BCUT2D eigenvalue weighted by molar-refractivity contribution is -0.153. The molecule has 88 valence electrons. The molecule has 2 N–H and O–H groups in total. The van der Waals surface area contributed by atoms with Crippen molar-refractivity contribution in [3.8, 4) is 5.75 Å². The molecule has 7 heteroatoms. The van der Waals surface area contributed by atoms with E-state index in [4.69, 9.17) is 5.73 Å². The molecule has 1 amide bonds. The number of carbonyl (C=O) groups is 1. The third-order valence-corrected chi connectivity index (χ3v) is 1.55. The van der Waals surface area contributed by atoms with Gasteiger partial charge in [-0.3, -0.25) is 9.78 Å². The number of hydrogen-bond acceptors (Lipinski definition) is 3. The number of nitrogens with zero attached hydrogens (tertiary/aromatic N) is 1. The van der Waals surface area contributed by atoms with Crippen LogP contribution in [0.3, 0.4) is 0 Å². The van der Waals surface area contributed by atoms with Crippen LogP contribution in [0.4, 0.5) is 13.2 Å². The highest BCUT2D eigenvalue weighted by Crippen LogP contribution is 2.18. The zero-order valence-electron chi connectivity index (χ0n) is 8.12. The number of amides is 1. The maximum absolute atomic E-state index is 11.8. The molecule has 1 heterocycles. The molecule has 0 bridgehead atoms. The summed E-state index contributed by atoms with van der Waals surface area (Å²) >= 11 is 0. The summed E-state index contributed by atoms with van der Waals surface area (Å²) in [6.07, 6.45) is -3.28. The summed E-state index contributed by atoms with van der Waals surface area (Å²) in [7, 11) is 0. The van der Waals surface area contributed by atoms with E-state index in [-0.39, 0.29) is 17.9 Å². The fourth-order valence-corrected chi connectivity index (χ4v) is 0.986. The summed E-state index contributed by atoms with van der Waals surface area (Å²) in [5.41, 5.74) is 5.19. The maximum atomic E-state index is 11.8. The lowest BCUT2D eigenvalue weighted by Crippen LogP contribution is -2.19. The van der Waals surface area contributed by atoms with Crippen molar-refractivity contribution in [2.45, 2.75) is 12.6 Å². The summed E-state index contributed by atoms with van der Waals surface area (Å²) in [6.45, 7) is -1.38. The van der Waals surface area contributed by atoms with Crippen LogP contribution in [0.2, 0.25) is 0 Å². The average molecular weight is 234 g/mol. The van der Waals surface area contributed by atoms with Crippen LogP contribution in [0, 0.1) is 0 Å². The number of ether oxygens (including phenoxy) is 1. The second kappa shape index (κ2) is 4.82. The van der Waals surface area contributed by atoms with E-state index in [1.54, 1.807) is 0 Å². The molecular formula is C9H9F3N2O2. The number of halogens is 3. The zero-order valence-corrected chi connectivity index (χ0v) is 8.12. The van der Waals surface area contributed by atoms with Crippen molar-refractivity contribution >= 4 is 5.91 Å². The highest BCUT2D eigenvalue weighted by Gasteiger charge is 2.28. The van der Waals surface area contributed by atoms with E-state index in [0.717, 1.165) is 0 Å². The minimum absolute atomic E-state index is 0.00331. The van der Waals surface area contributed by atoms with Gasteiger partial charge in [-0.25, -0.2) is 0 Å². The zero-order chi connectivity index (χ0) is 12.2. The Morgan fingerprint density at radius 2 is 2.19 bits per heavy atom. The first-order chi connectivity index (χ1) is 7.37.